The highest BCUT2D eigenvalue weighted by atomic mass is 35.5. The molecule has 1 heterocycles. The average Bonchev–Trinajstić information content (AvgIpc) is 3.17. The molecule has 4 heteroatoms. The molecule has 0 saturated heterocycles. The number of carbonyl (C=O) groups excluding carboxylic acids is 2. The summed E-state index contributed by atoms with van der Waals surface area (Å²) in [5, 5.41) is 0.498. The second kappa shape index (κ2) is 4.88. The van der Waals surface area contributed by atoms with Gasteiger partial charge in [0.25, 0.3) is 0 Å². The van der Waals surface area contributed by atoms with Crippen molar-refractivity contribution >= 4 is 23.2 Å². The number of hydrogen-bond donors (Lipinski definition) is 0. The summed E-state index contributed by atoms with van der Waals surface area (Å²) in [6.07, 6.45) is 1.55. The summed E-state index contributed by atoms with van der Waals surface area (Å²) in [5.74, 6) is 1.03. The van der Waals surface area contributed by atoms with E-state index in [-0.39, 0.29) is 23.4 Å². The molecule has 1 aliphatic carbocycles. The van der Waals surface area contributed by atoms with Crippen LogP contribution >= 0.6 is 11.6 Å². The summed E-state index contributed by atoms with van der Waals surface area (Å²) < 4.78 is 5.64. The SMILES string of the molecule is CC(=O)[C@H]1C[C@@H]1C(=O)c1cc(Cl)c2c(c1)CC(C)CO2. The summed E-state index contributed by atoms with van der Waals surface area (Å²) in [6.45, 7) is 4.32. The third kappa shape index (κ3) is 2.35. The maximum absolute atomic E-state index is 12.4. The summed E-state index contributed by atoms with van der Waals surface area (Å²) in [7, 11) is 0. The van der Waals surface area contributed by atoms with Gasteiger partial charge in [-0.25, -0.2) is 0 Å². The van der Waals surface area contributed by atoms with Gasteiger partial charge in [-0.3, -0.25) is 9.59 Å². The van der Waals surface area contributed by atoms with Crippen LogP contribution in [0.4, 0.5) is 0 Å². The molecule has 1 aromatic rings. The molecule has 0 bridgehead atoms. The predicted molar refractivity (Wildman–Crippen MR) is 76.4 cm³/mol. The van der Waals surface area contributed by atoms with Gasteiger partial charge >= 0.3 is 0 Å². The van der Waals surface area contributed by atoms with Gasteiger partial charge in [0.15, 0.2) is 5.78 Å². The topological polar surface area (TPSA) is 43.4 Å². The van der Waals surface area contributed by atoms with Crippen LogP contribution in [0, 0.1) is 17.8 Å². The second-order valence-electron chi connectivity index (χ2n) is 5.99. The lowest BCUT2D eigenvalue weighted by Crippen LogP contribution is -2.19. The number of halogens is 1. The van der Waals surface area contributed by atoms with E-state index in [1.165, 1.54) is 0 Å². The first-order chi connectivity index (χ1) is 9.47. The fraction of sp³-hybridized carbons (Fsp3) is 0.500. The largest absolute Gasteiger partial charge is 0.491 e. The fourth-order valence-corrected chi connectivity index (χ4v) is 3.21. The lowest BCUT2D eigenvalue weighted by molar-refractivity contribution is -0.118. The van der Waals surface area contributed by atoms with Crippen LogP contribution in [0.25, 0.3) is 0 Å². The zero-order valence-electron chi connectivity index (χ0n) is 11.6. The third-order valence-corrected chi connectivity index (χ3v) is 4.42. The predicted octanol–water partition coefficient (Wildman–Crippen LogP) is 3.32. The molecule has 1 saturated carbocycles. The normalized spacial score (nSPS) is 27.4. The van der Waals surface area contributed by atoms with Crippen molar-refractivity contribution in [1.29, 1.82) is 0 Å². The van der Waals surface area contributed by atoms with Crippen LogP contribution in [0.2, 0.25) is 5.02 Å². The molecule has 0 amide bonds. The Morgan fingerprint density at radius 2 is 2.05 bits per heavy atom. The smallest absolute Gasteiger partial charge is 0.166 e. The minimum absolute atomic E-state index is 0.0353. The second-order valence-corrected chi connectivity index (χ2v) is 6.40. The average molecular weight is 293 g/mol. The van der Waals surface area contributed by atoms with Crippen molar-refractivity contribution < 1.29 is 14.3 Å². The molecule has 106 valence electrons. The fourth-order valence-electron chi connectivity index (χ4n) is 2.91. The van der Waals surface area contributed by atoms with Gasteiger partial charge in [-0.05, 0) is 43.4 Å². The molecule has 3 rings (SSSR count). The van der Waals surface area contributed by atoms with Crippen LogP contribution in [0.15, 0.2) is 12.1 Å². The van der Waals surface area contributed by atoms with Crippen molar-refractivity contribution in [3.63, 3.8) is 0 Å². The number of rotatable bonds is 3. The molecule has 1 aliphatic heterocycles. The summed E-state index contributed by atoms with van der Waals surface area (Å²) in [6, 6.07) is 3.56. The lowest BCUT2D eigenvalue weighted by atomic mass is 9.94. The first kappa shape index (κ1) is 13.6. The van der Waals surface area contributed by atoms with Gasteiger partial charge in [0, 0.05) is 17.4 Å². The maximum atomic E-state index is 12.4. The highest BCUT2D eigenvalue weighted by Gasteiger charge is 2.46. The molecule has 0 spiro atoms. The first-order valence-corrected chi connectivity index (χ1v) is 7.35. The van der Waals surface area contributed by atoms with Crippen molar-refractivity contribution in [3.8, 4) is 5.75 Å². The van der Waals surface area contributed by atoms with E-state index in [2.05, 4.69) is 6.92 Å². The Labute approximate surface area is 123 Å². The van der Waals surface area contributed by atoms with Crippen molar-refractivity contribution in [2.75, 3.05) is 6.61 Å². The number of ketones is 2. The minimum atomic E-state index is -0.149. The van der Waals surface area contributed by atoms with Crippen LogP contribution in [-0.2, 0) is 11.2 Å². The van der Waals surface area contributed by atoms with Crippen LogP contribution < -0.4 is 4.74 Å². The van der Waals surface area contributed by atoms with Crippen molar-refractivity contribution in [2.45, 2.75) is 26.7 Å². The summed E-state index contributed by atoms with van der Waals surface area (Å²) in [5.41, 5.74) is 1.61. The number of benzene rings is 1. The van der Waals surface area contributed by atoms with Crippen LogP contribution in [-0.4, -0.2) is 18.2 Å². The Hall–Kier alpha value is -1.35. The molecule has 0 N–H and O–H groups in total. The van der Waals surface area contributed by atoms with Gasteiger partial charge in [-0.2, -0.15) is 0 Å². The van der Waals surface area contributed by atoms with Crippen molar-refractivity contribution in [1.82, 2.24) is 0 Å². The van der Waals surface area contributed by atoms with Gasteiger partial charge in [-0.15, -0.1) is 0 Å². The molecular weight excluding hydrogens is 276 g/mol. The zero-order chi connectivity index (χ0) is 14.4. The summed E-state index contributed by atoms with van der Waals surface area (Å²) in [4.78, 5) is 23.7. The van der Waals surface area contributed by atoms with Gasteiger partial charge < -0.3 is 4.74 Å². The minimum Gasteiger partial charge on any atom is -0.491 e. The standard InChI is InChI=1S/C16H17ClO3/c1-8-3-11-4-10(5-14(17)16(11)20-7-8)15(19)13-6-12(13)9(2)18/h4-5,8,12-13H,3,6-7H2,1-2H3/t8?,12-,13+/m1/s1. The van der Waals surface area contributed by atoms with E-state index >= 15 is 0 Å². The van der Waals surface area contributed by atoms with Crippen LogP contribution in [0.3, 0.4) is 0 Å². The van der Waals surface area contributed by atoms with Crippen molar-refractivity contribution in [2.24, 2.45) is 17.8 Å². The van der Waals surface area contributed by atoms with E-state index in [9.17, 15) is 9.59 Å². The molecule has 0 radical (unpaired) electrons. The quantitative estimate of drug-likeness (QED) is 0.803. The maximum Gasteiger partial charge on any atom is 0.166 e. The van der Waals surface area contributed by atoms with Crippen LogP contribution in [0.5, 0.6) is 5.75 Å². The molecule has 1 unspecified atom stereocenters. The number of hydrogen-bond acceptors (Lipinski definition) is 3. The third-order valence-electron chi connectivity index (χ3n) is 4.13. The molecule has 3 atom stereocenters. The van der Waals surface area contributed by atoms with Crippen molar-refractivity contribution in [3.05, 3.63) is 28.3 Å². The summed E-state index contributed by atoms with van der Waals surface area (Å²) >= 11 is 6.22. The van der Waals surface area contributed by atoms with Gasteiger partial charge in [0.1, 0.15) is 11.5 Å². The van der Waals surface area contributed by atoms with E-state index < -0.39 is 0 Å². The Balaban J connectivity index is 1.88. The van der Waals surface area contributed by atoms with Crippen LogP contribution in [0.1, 0.15) is 36.2 Å². The molecule has 2 aliphatic rings. The van der Waals surface area contributed by atoms with E-state index in [0.717, 1.165) is 12.0 Å². The molecule has 20 heavy (non-hydrogen) atoms. The number of ether oxygens (including phenoxy) is 1. The highest BCUT2D eigenvalue weighted by molar-refractivity contribution is 6.32. The number of fused-ring (bicyclic) bond motifs is 1. The van der Waals surface area contributed by atoms with E-state index in [0.29, 0.717) is 35.3 Å². The number of Topliss-reactive ketones (excluding diaryl/α,β-unsaturated/α-hetero) is 2. The molecule has 1 aromatic carbocycles. The van der Waals surface area contributed by atoms with Gasteiger partial charge in [0.2, 0.25) is 0 Å². The van der Waals surface area contributed by atoms with Gasteiger partial charge in [0.05, 0.1) is 11.6 Å². The van der Waals surface area contributed by atoms with E-state index in [4.69, 9.17) is 16.3 Å². The molecular formula is C16H17ClO3. The monoisotopic (exact) mass is 292 g/mol. The lowest BCUT2D eigenvalue weighted by Gasteiger charge is -2.24. The Morgan fingerprint density at radius 1 is 1.30 bits per heavy atom. The molecule has 3 nitrogen and oxygen atoms in total. The number of carbonyl (C=O) groups is 2. The van der Waals surface area contributed by atoms with Gasteiger partial charge in [-0.1, -0.05) is 18.5 Å². The molecule has 0 aromatic heterocycles. The highest BCUT2D eigenvalue weighted by Crippen LogP contribution is 2.43. The first-order valence-electron chi connectivity index (χ1n) is 6.97. The molecule has 1 fully saturated rings. The Kier molecular flexibility index (Phi) is 3.33. The Bertz CT molecular complexity index is 594. The van der Waals surface area contributed by atoms with E-state index in [1.807, 2.05) is 6.07 Å². The zero-order valence-corrected chi connectivity index (χ0v) is 12.4. The Morgan fingerprint density at radius 3 is 2.70 bits per heavy atom. The van der Waals surface area contributed by atoms with E-state index in [1.54, 1.807) is 13.0 Å².